The molecule has 2 heteroatoms. The van der Waals surface area contributed by atoms with Crippen LogP contribution in [-0.4, -0.2) is 18.2 Å². The number of phenols is 1. The van der Waals surface area contributed by atoms with Gasteiger partial charge in [-0.25, -0.2) is 0 Å². The summed E-state index contributed by atoms with van der Waals surface area (Å²) in [5.41, 5.74) is 1.74. The normalized spacial score (nSPS) is 17.3. The van der Waals surface area contributed by atoms with Crippen LogP contribution in [0.5, 0.6) is 5.75 Å². The van der Waals surface area contributed by atoms with Gasteiger partial charge < -0.3 is 10.4 Å². The van der Waals surface area contributed by atoms with Crippen molar-refractivity contribution in [3.05, 3.63) is 29.8 Å². The van der Waals surface area contributed by atoms with Crippen molar-refractivity contribution in [2.75, 3.05) is 13.1 Å². The van der Waals surface area contributed by atoms with E-state index >= 15 is 0 Å². The first-order valence-corrected chi connectivity index (χ1v) is 6.23. The van der Waals surface area contributed by atoms with E-state index in [2.05, 4.69) is 18.3 Å². The second-order valence-corrected chi connectivity index (χ2v) is 5.02. The van der Waals surface area contributed by atoms with E-state index in [4.69, 9.17) is 0 Å². The molecule has 2 rings (SSSR count). The Bertz CT molecular complexity index is 344. The molecule has 0 saturated heterocycles. The zero-order chi connectivity index (χ0) is 11.4. The molecule has 16 heavy (non-hydrogen) atoms. The van der Waals surface area contributed by atoms with E-state index < -0.39 is 0 Å². The largest absolute Gasteiger partial charge is 0.508 e. The summed E-state index contributed by atoms with van der Waals surface area (Å²) in [6.07, 6.45) is 4.93. The Hall–Kier alpha value is -1.02. The molecule has 0 spiro atoms. The summed E-state index contributed by atoms with van der Waals surface area (Å²) in [6, 6.07) is 7.66. The summed E-state index contributed by atoms with van der Waals surface area (Å²) >= 11 is 0. The predicted octanol–water partition coefficient (Wildman–Crippen LogP) is 2.71. The van der Waals surface area contributed by atoms with Crippen LogP contribution in [0.4, 0.5) is 0 Å². The van der Waals surface area contributed by atoms with Crippen molar-refractivity contribution in [2.24, 2.45) is 5.41 Å². The number of phenolic OH excluding ortho intramolecular Hbond substituents is 1. The Morgan fingerprint density at radius 3 is 2.81 bits per heavy atom. The SMILES string of the molecule is CCCNCC1(Cc2cccc(O)c2)CC1. The Labute approximate surface area is 97.7 Å². The van der Waals surface area contributed by atoms with Crippen LogP contribution in [0.2, 0.25) is 0 Å². The molecule has 1 fully saturated rings. The molecule has 0 atom stereocenters. The molecule has 1 saturated carbocycles. The minimum atomic E-state index is 0.384. The summed E-state index contributed by atoms with van der Waals surface area (Å²) in [4.78, 5) is 0. The van der Waals surface area contributed by atoms with Crippen molar-refractivity contribution in [1.82, 2.24) is 5.32 Å². The smallest absolute Gasteiger partial charge is 0.115 e. The van der Waals surface area contributed by atoms with Crippen LogP contribution in [0.15, 0.2) is 24.3 Å². The molecule has 0 heterocycles. The fourth-order valence-corrected chi connectivity index (χ4v) is 2.22. The Morgan fingerprint density at radius 2 is 2.19 bits per heavy atom. The topological polar surface area (TPSA) is 32.3 Å². The number of rotatable bonds is 6. The van der Waals surface area contributed by atoms with Crippen LogP contribution < -0.4 is 5.32 Å². The third-order valence-corrected chi connectivity index (χ3v) is 3.37. The standard InChI is InChI=1S/C14H21NO/c1-2-8-15-11-14(6-7-14)10-12-4-3-5-13(16)9-12/h3-5,9,15-16H,2,6-8,10-11H2,1H3. The predicted molar refractivity (Wildman–Crippen MR) is 66.6 cm³/mol. The van der Waals surface area contributed by atoms with Gasteiger partial charge in [0, 0.05) is 6.54 Å². The second-order valence-electron chi connectivity index (χ2n) is 5.02. The highest BCUT2D eigenvalue weighted by atomic mass is 16.3. The fraction of sp³-hybridized carbons (Fsp3) is 0.571. The van der Waals surface area contributed by atoms with E-state index in [1.807, 2.05) is 12.1 Å². The van der Waals surface area contributed by atoms with Gasteiger partial charge >= 0.3 is 0 Å². The Morgan fingerprint density at radius 1 is 1.38 bits per heavy atom. The van der Waals surface area contributed by atoms with E-state index in [1.165, 1.54) is 24.8 Å². The summed E-state index contributed by atoms with van der Waals surface area (Å²) in [5.74, 6) is 0.384. The number of nitrogens with one attached hydrogen (secondary N) is 1. The van der Waals surface area contributed by atoms with E-state index in [9.17, 15) is 5.11 Å². The van der Waals surface area contributed by atoms with Crippen LogP contribution in [0.3, 0.4) is 0 Å². The number of benzene rings is 1. The van der Waals surface area contributed by atoms with Gasteiger partial charge in [0.2, 0.25) is 0 Å². The van der Waals surface area contributed by atoms with E-state index in [1.54, 1.807) is 6.07 Å². The van der Waals surface area contributed by atoms with Gasteiger partial charge in [-0.15, -0.1) is 0 Å². The van der Waals surface area contributed by atoms with Crippen LogP contribution >= 0.6 is 0 Å². The van der Waals surface area contributed by atoms with Crippen molar-refractivity contribution >= 4 is 0 Å². The summed E-state index contributed by atoms with van der Waals surface area (Å²) < 4.78 is 0. The van der Waals surface area contributed by atoms with E-state index in [-0.39, 0.29) is 0 Å². The van der Waals surface area contributed by atoms with Gasteiger partial charge in [0.15, 0.2) is 0 Å². The van der Waals surface area contributed by atoms with Crippen molar-refractivity contribution < 1.29 is 5.11 Å². The first-order valence-electron chi connectivity index (χ1n) is 6.23. The summed E-state index contributed by atoms with van der Waals surface area (Å²) in [5, 5.41) is 12.9. The number of aromatic hydroxyl groups is 1. The van der Waals surface area contributed by atoms with E-state index in [0.717, 1.165) is 19.5 Å². The van der Waals surface area contributed by atoms with Crippen molar-refractivity contribution in [2.45, 2.75) is 32.6 Å². The number of hydrogen-bond acceptors (Lipinski definition) is 2. The fourth-order valence-electron chi connectivity index (χ4n) is 2.22. The van der Waals surface area contributed by atoms with Gasteiger partial charge in [-0.1, -0.05) is 19.1 Å². The quantitative estimate of drug-likeness (QED) is 0.721. The first kappa shape index (κ1) is 11.5. The average molecular weight is 219 g/mol. The zero-order valence-corrected chi connectivity index (χ0v) is 10.00. The summed E-state index contributed by atoms with van der Waals surface area (Å²) in [7, 11) is 0. The maximum Gasteiger partial charge on any atom is 0.115 e. The van der Waals surface area contributed by atoms with Crippen molar-refractivity contribution in [3.8, 4) is 5.75 Å². The molecule has 1 aromatic carbocycles. The second kappa shape index (κ2) is 4.88. The summed E-state index contributed by atoms with van der Waals surface area (Å²) in [6.45, 7) is 4.43. The third-order valence-electron chi connectivity index (χ3n) is 3.37. The number of hydrogen-bond donors (Lipinski definition) is 2. The highest BCUT2D eigenvalue weighted by Gasteiger charge is 2.41. The lowest BCUT2D eigenvalue weighted by Crippen LogP contribution is -2.26. The molecule has 2 nitrogen and oxygen atoms in total. The lowest BCUT2D eigenvalue weighted by molar-refractivity contribution is 0.450. The van der Waals surface area contributed by atoms with Gasteiger partial charge in [0.1, 0.15) is 5.75 Å². The lowest BCUT2D eigenvalue weighted by Gasteiger charge is -2.16. The molecule has 0 radical (unpaired) electrons. The Balaban J connectivity index is 1.89. The first-order chi connectivity index (χ1) is 7.74. The highest BCUT2D eigenvalue weighted by molar-refractivity contribution is 5.28. The van der Waals surface area contributed by atoms with Gasteiger partial charge in [-0.05, 0) is 55.3 Å². The minimum absolute atomic E-state index is 0.384. The molecular weight excluding hydrogens is 198 g/mol. The van der Waals surface area contributed by atoms with Crippen LogP contribution in [-0.2, 0) is 6.42 Å². The van der Waals surface area contributed by atoms with Crippen LogP contribution in [0, 0.1) is 5.41 Å². The monoisotopic (exact) mass is 219 g/mol. The molecule has 2 N–H and O–H groups in total. The van der Waals surface area contributed by atoms with Crippen molar-refractivity contribution in [1.29, 1.82) is 0 Å². The third kappa shape index (κ3) is 2.99. The molecule has 88 valence electrons. The molecule has 0 unspecified atom stereocenters. The molecule has 0 aliphatic heterocycles. The molecular formula is C14H21NO. The molecule has 1 aliphatic rings. The molecule has 1 aromatic rings. The average Bonchev–Trinajstić information content (AvgIpc) is 2.99. The zero-order valence-electron chi connectivity index (χ0n) is 10.00. The maximum atomic E-state index is 9.43. The van der Waals surface area contributed by atoms with Crippen LogP contribution in [0.1, 0.15) is 31.7 Å². The lowest BCUT2D eigenvalue weighted by atomic mass is 9.96. The molecule has 0 aromatic heterocycles. The maximum absolute atomic E-state index is 9.43. The van der Waals surface area contributed by atoms with Crippen molar-refractivity contribution in [3.63, 3.8) is 0 Å². The molecule has 1 aliphatic carbocycles. The molecule has 0 amide bonds. The Kier molecular flexibility index (Phi) is 3.49. The van der Waals surface area contributed by atoms with Gasteiger partial charge in [-0.3, -0.25) is 0 Å². The van der Waals surface area contributed by atoms with Gasteiger partial charge in [0.25, 0.3) is 0 Å². The molecule has 0 bridgehead atoms. The van der Waals surface area contributed by atoms with Crippen LogP contribution in [0.25, 0.3) is 0 Å². The highest BCUT2D eigenvalue weighted by Crippen LogP contribution is 2.47. The van der Waals surface area contributed by atoms with Gasteiger partial charge in [0.05, 0.1) is 0 Å². The van der Waals surface area contributed by atoms with E-state index in [0.29, 0.717) is 11.2 Å². The minimum Gasteiger partial charge on any atom is -0.508 e. The van der Waals surface area contributed by atoms with Gasteiger partial charge in [-0.2, -0.15) is 0 Å².